The van der Waals surface area contributed by atoms with Crippen LogP contribution < -0.4 is 5.73 Å². The van der Waals surface area contributed by atoms with Gasteiger partial charge in [-0.3, -0.25) is 9.88 Å². The molecule has 28 heavy (non-hydrogen) atoms. The number of pyridine rings is 1. The zero-order chi connectivity index (χ0) is 20.5. The normalized spacial score (nSPS) is 17.0. The van der Waals surface area contributed by atoms with Crippen molar-refractivity contribution in [2.45, 2.75) is 45.9 Å². The molecule has 0 bridgehead atoms. The number of carbonyl (C=O) groups is 1. The van der Waals surface area contributed by atoms with Crippen LogP contribution in [0.2, 0.25) is 0 Å². The molecule has 1 aromatic carbocycles. The van der Waals surface area contributed by atoms with E-state index in [0.717, 1.165) is 29.7 Å². The molecule has 0 radical (unpaired) electrons. The molecule has 0 aliphatic carbocycles. The first-order valence-electron chi connectivity index (χ1n) is 9.67. The highest BCUT2D eigenvalue weighted by Crippen LogP contribution is 2.23. The van der Waals surface area contributed by atoms with Gasteiger partial charge in [-0.1, -0.05) is 0 Å². The van der Waals surface area contributed by atoms with Crippen molar-refractivity contribution in [3.8, 4) is 0 Å². The number of nitrogens with zero attached hydrogens (tertiary/aromatic N) is 3. The zero-order valence-electron chi connectivity index (χ0n) is 17.0. The lowest BCUT2D eigenvalue weighted by atomic mass is 10.0. The highest BCUT2D eigenvalue weighted by atomic mass is 19.1. The van der Waals surface area contributed by atoms with Crippen LogP contribution in [0.25, 0.3) is 10.9 Å². The maximum atomic E-state index is 13.6. The van der Waals surface area contributed by atoms with Gasteiger partial charge < -0.3 is 15.4 Å². The number of hydrogen-bond donors (Lipinski definition) is 1. The maximum absolute atomic E-state index is 13.6. The molecule has 2 aromatic rings. The Morgan fingerprint density at radius 1 is 1.25 bits per heavy atom. The van der Waals surface area contributed by atoms with Gasteiger partial charge in [-0.25, -0.2) is 9.18 Å². The van der Waals surface area contributed by atoms with Crippen molar-refractivity contribution in [3.63, 3.8) is 0 Å². The number of amides is 1. The SMILES string of the molecule is C[C@H](N)c1cc2ccc(F)cc2nc1CN1CCN(C(=O)OC(C)(C)C)CC1. The van der Waals surface area contributed by atoms with Gasteiger partial charge in [0, 0.05) is 50.2 Å². The fourth-order valence-corrected chi connectivity index (χ4v) is 3.34. The van der Waals surface area contributed by atoms with Gasteiger partial charge in [-0.15, -0.1) is 0 Å². The number of carbonyl (C=O) groups excluding carboxylic acids is 1. The van der Waals surface area contributed by atoms with E-state index in [9.17, 15) is 9.18 Å². The third kappa shape index (κ3) is 4.97. The van der Waals surface area contributed by atoms with E-state index in [4.69, 9.17) is 10.5 Å². The molecule has 152 valence electrons. The molecule has 1 aromatic heterocycles. The zero-order valence-corrected chi connectivity index (χ0v) is 17.0. The molecule has 0 unspecified atom stereocenters. The second-order valence-electron chi connectivity index (χ2n) is 8.39. The Kier molecular flexibility index (Phi) is 5.86. The molecule has 1 saturated heterocycles. The molecule has 2 heterocycles. The lowest BCUT2D eigenvalue weighted by Gasteiger charge is -2.35. The summed E-state index contributed by atoms with van der Waals surface area (Å²) in [5, 5.41) is 0.882. The van der Waals surface area contributed by atoms with Crippen LogP contribution in [0.3, 0.4) is 0 Å². The Morgan fingerprint density at radius 3 is 2.54 bits per heavy atom. The van der Waals surface area contributed by atoms with Gasteiger partial charge in [-0.2, -0.15) is 0 Å². The fourth-order valence-electron chi connectivity index (χ4n) is 3.34. The molecular weight excluding hydrogens is 359 g/mol. The first kappa shape index (κ1) is 20.5. The standard InChI is InChI=1S/C21H29FN4O2/c1-14(23)17-11-15-5-6-16(22)12-18(15)24-19(17)13-25-7-9-26(10-8-25)20(27)28-21(2,3)4/h5-6,11-12,14H,7-10,13,23H2,1-4H3/t14-/m0/s1. The monoisotopic (exact) mass is 388 g/mol. The average molecular weight is 388 g/mol. The highest BCUT2D eigenvalue weighted by molar-refractivity contribution is 5.79. The largest absolute Gasteiger partial charge is 0.444 e. The third-order valence-electron chi connectivity index (χ3n) is 4.78. The Labute approximate surface area is 165 Å². The van der Waals surface area contributed by atoms with E-state index >= 15 is 0 Å². The van der Waals surface area contributed by atoms with Crippen LogP contribution in [0.15, 0.2) is 24.3 Å². The van der Waals surface area contributed by atoms with E-state index in [-0.39, 0.29) is 18.0 Å². The quantitative estimate of drug-likeness (QED) is 0.872. The summed E-state index contributed by atoms with van der Waals surface area (Å²) in [6, 6.07) is 6.44. The number of halogens is 1. The van der Waals surface area contributed by atoms with Crippen molar-refractivity contribution in [1.29, 1.82) is 0 Å². The van der Waals surface area contributed by atoms with Crippen molar-refractivity contribution in [2.24, 2.45) is 5.73 Å². The summed E-state index contributed by atoms with van der Waals surface area (Å²) in [6.45, 7) is 10.8. The molecule has 1 aliphatic rings. The minimum Gasteiger partial charge on any atom is -0.444 e. The van der Waals surface area contributed by atoms with E-state index in [1.165, 1.54) is 12.1 Å². The van der Waals surface area contributed by atoms with Gasteiger partial charge >= 0.3 is 6.09 Å². The molecule has 1 aliphatic heterocycles. The lowest BCUT2D eigenvalue weighted by Crippen LogP contribution is -2.49. The Balaban J connectivity index is 1.71. The summed E-state index contributed by atoms with van der Waals surface area (Å²) in [6.07, 6.45) is -0.275. The number of piperazine rings is 1. The van der Waals surface area contributed by atoms with Crippen LogP contribution in [0.5, 0.6) is 0 Å². The van der Waals surface area contributed by atoms with E-state index in [1.807, 2.05) is 33.8 Å². The Morgan fingerprint density at radius 2 is 1.93 bits per heavy atom. The molecular formula is C21H29FN4O2. The number of ether oxygens (including phenoxy) is 1. The van der Waals surface area contributed by atoms with Crippen LogP contribution in [0, 0.1) is 5.82 Å². The van der Waals surface area contributed by atoms with E-state index in [0.29, 0.717) is 25.2 Å². The summed E-state index contributed by atoms with van der Waals surface area (Å²) >= 11 is 0. The fraction of sp³-hybridized carbons (Fsp3) is 0.524. The van der Waals surface area contributed by atoms with Crippen LogP contribution >= 0.6 is 0 Å². The molecule has 3 rings (SSSR count). The predicted molar refractivity (Wildman–Crippen MR) is 107 cm³/mol. The number of nitrogens with two attached hydrogens (primary N) is 1. The maximum Gasteiger partial charge on any atom is 0.410 e. The van der Waals surface area contributed by atoms with E-state index in [2.05, 4.69) is 9.88 Å². The minimum absolute atomic E-state index is 0.167. The topological polar surface area (TPSA) is 71.7 Å². The van der Waals surface area contributed by atoms with Gasteiger partial charge in [0.25, 0.3) is 0 Å². The first-order chi connectivity index (χ1) is 13.1. The summed E-state index contributed by atoms with van der Waals surface area (Å²) in [5.41, 5.74) is 8.12. The molecule has 6 nitrogen and oxygen atoms in total. The molecule has 0 spiro atoms. The second kappa shape index (κ2) is 8.01. The smallest absolute Gasteiger partial charge is 0.410 e. The summed E-state index contributed by atoms with van der Waals surface area (Å²) in [4.78, 5) is 20.9. The van der Waals surface area contributed by atoms with Crippen LogP contribution in [0.1, 0.15) is 45.0 Å². The number of benzene rings is 1. The van der Waals surface area contributed by atoms with Gasteiger partial charge in [0.2, 0.25) is 0 Å². The van der Waals surface area contributed by atoms with Gasteiger partial charge in [-0.05, 0) is 51.5 Å². The molecule has 1 amide bonds. The third-order valence-corrected chi connectivity index (χ3v) is 4.78. The highest BCUT2D eigenvalue weighted by Gasteiger charge is 2.26. The first-order valence-corrected chi connectivity index (χ1v) is 9.67. The summed E-state index contributed by atoms with van der Waals surface area (Å²) in [7, 11) is 0. The number of rotatable bonds is 3. The molecule has 1 fully saturated rings. The van der Waals surface area contributed by atoms with Crippen LogP contribution in [-0.4, -0.2) is 52.7 Å². The lowest BCUT2D eigenvalue weighted by molar-refractivity contribution is 0.0138. The van der Waals surface area contributed by atoms with Crippen LogP contribution in [-0.2, 0) is 11.3 Å². The van der Waals surface area contributed by atoms with Crippen molar-refractivity contribution in [1.82, 2.24) is 14.8 Å². The molecule has 7 heteroatoms. The second-order valence-corrected chi connectivity index (χ2v) is 8.39. The Bertz CT molecular complexity index is 855. The predicted octanol–water partition coefficient (Wildman–Crippen LogP) is 3.45. The number of hydrogen-bond acceptors (Lipinski definition) is 5. The summed E-state index contributed by atoms with van der Waals surface area (Å²) < 4.78 is 19.0. The number of fused-ring (bicyclic) bond motifs is 1. The van der Waals surface area contributed by atoms with Crippen LogP contribution in [0.4, 0.5) is 9.18 Å². The van der Waals surface area contributed by atoms with Crippen molar-refractivity contribution in [3.05, 3.63) is 41.3 Å². The van der Waals surface area contributed by atoms with E-state index in [1.54, 1.807) is 11.0 Å². The van der Waals surface area contributed by atoms with Gasteiger partial charge in [0.15, 0.2) is 0 Å². The van der Waals surface area contributed by atoms with Crippen molar-refractivity contribution < 1.29 is 13.9 Å². The molecule has 0 saturated carbocycles. The Hall–Kier alpha value is -2.25. The molecule has 1 atom stereocenters. The van der Waals surface area contributed by atoms with Crippen molar-refractivity contribution >= 4 is 17.0 Å². The van der Waals surface area contributed by atoms with Gasteiger partial charge in [0.05, 0.1) is 11.2 Å². The number of aromatic nitrogens is 1. The van der Waals surface area contributed by atoms with E-state index < -0.39 is 5.60 Å². The molecule has 2 N–H and O–H groups in total. The van der Waals surface area contributed by atoms with Gasteiger partial charge in [0.1, 0.15) is 11.4 Å². The average Bonchev–Trinajstić information content (AvgIpc) is 2.60. The van der Waals surface area contributed by atoms with Crippen molar-refractivity contribution in [2.75, 3.05) is 26.2 Å². The summed E-state index contributed by atoms with van der Waals surface area (Å²) in [5.74, 6) is -0.300. The minimum atomic E-state index is -0.495.